The molecule has 0 aliphatic carbocycles. The van der Waals surface area contributed by atoms with Crippen LogP contribution < -0.4 is 0 Å². The first-order valence-corrected chi connectivity index (χ1v) is 21.1. The number of unbranched alkanes of at least 4 members (excludes halogenated alkanes) is 27. The van der Waals surface area contributed by atoms with Crippen molar-refractivity contribution in [1.82, 2.24) is 4.90 Å². The van der Waals surface area contributed by atoms with Gasteiger partial charge in [0.2, 0.25) is 0 Å². The standard InChI is InChI=1S/C42H87NO/c1-4-7-10-13-16-17-18-19-20-21-22-23-28-33-38-43(40-41-44)39-34-29-24-27-32-37-42(35-30-25-14-11-8-5-2)36-31-26-15-12-9-6-3/h42,44H,4-41H2,1-3H3. The van der Waals surface area contributed by atoms with Crippen LogP contribution >= 0.6 is 0 Å². The number of aliphatic hydroxyl groups excluding tert-OH is 1. The van der Waals surface area contributed by atoms with E-state index in [-0.39, 0.29) is 0 Å². The molecule has 44 heavy (non-hydrogen) atoms. The minimum Gasteiger partial charge on any atom is -0.395 e. The van der Waals surface area contributed by atoms with Crippen LogP contribution in [0.15, 0.2) is 0 Å². The summed E-state index contributed by atoms with van der Waals surface area (Å²) in [7, 11) is 0. The molecule has 0 saturated heterocycles. The van der Waals surface area contributed by atoms with Crippen molar-refractivity contribution in [3.8, 4) is 0 Å². The molecule has 1 N–H and O–H groups in total. The van der Waals surface area contributed by atoms with Gasteiger partial charge in [-0.1, -0.05) is 226 Å². The minimum atomic E-state index is 0.317. The highest BCUT2D eigenvalue weighted by Crippen LogP contribution is 2.25. The van der Waals surface area contributed by atoms with Crippen molar-refractivity contribution in [3.05, 3.63) is 0 Å². The number of aliphatic hydroxyl groups is 1. The van der Waals surface area contributed by atoms with Gasteiger partial charge in [-0.2, -0.15) is 0 Å². The van der Waals surface area contributed by atoms with Gasteiger partial charge >= 0.3 is 0 Å². The summed E-state index contributed by atoms with van der Waals surface area (Å²) in [6.45, 7) is 10.5. The molecule has 2 heteroatoms. The zero-order valence-electron chi connectivity index (χ0n) is 31.3. The van der Waals surface area contributed by atoms with Crippen LogP contribution in [0.5, 0.6) is 0 Å². The highest BCUT2D eigenvalue weighted by atomic mass is 16.3. The van der Waals surface area contributed by atoms with E-state index in [9.17, 15) is 5.11 Å². The van der Waals surface area contributed by atoms with Crippen LogP contribution in [0.2, 0.25) is 0 Å². The Balaban J connectivity index is 3.84. The summed E-state index contributed by atoms with van der Waals surface area (Å²) in [5, 5.41) is 9.57. The second-order valence-electron chi connectivity index (χ2n) is 14.7. The van der Waals surface area contributed by atoms with E-state index in [1.54, 1.807) is 0 Å². The van der Waals surface area contributed by atoms with Gasteiger partial charge in [-0.25, -0.2) is 0 Å². The van der Waals surface area contributed by atoms with E-state index in [4.69, 9.17) is 0 Å². The van der Waals surface area contributed by atoms with Gasteiger partial charge in [-0.3, -0.25) is 0 Å². The fourth-order valence-electron chi connectivity index (χ4n) is 7.17. The Kier molecular flexibility index (Phi) is 39.0. The molecule has 0 amide bonds. The average molecular weight is 622 g/mol. The molecule has 0 aromatic heterocycles. The monoisotopic (exact) mass is 622 g/mol. The molecule has 0 heterocycles. The summed E-state index contributed by atoms with van der Waals surface area (Å²) < 4.78 is 0. The van der Waals surface area contributed by atoms with Crippen molar-refractivity contribution in [2.24, 2.45) is 5.92 Å². The van der Waals surface area contributed by atoms with Gasteiger partial charge < -0.3 is 10.0 Å². The minimum absolute atomic E-state index is 0.317. The predicted octanol–water partition coefficient (Wildman–Crippen LogP) is 14.2. The zero-order valence-corrected chi connectivity index (χ0v) is 31.3. The van der Waals surface area contributed by atoms with Gasteiger partial charge in [0.05, 0.1) is 6.61 Å². The highest BCUT2D eigenvalue weighted by molar-refractivity contribution is 4.63. The quantitative estimate of drug-likeness (QED) is 0.0690. The second-order valence-corrected chi connectivity index (χ2v) is 14.7. The molecule has 0 bridgehead atoms. The fourth-order valence-corrected chi connectivity index (χ4v) is 7.17. The van der Waals surface area contributed by atoms with Gasteiger partial charge in [0.25, 0.3) is 0 Å². The molecule has 0 saturated carbocycles. The van der Waals surface area contributed by atoms with Crippen molar-refractivity contribution in [2.45, 2.75) is 239 Å². The van der Waals surface area contributed by atoms with Crippen LogP contribution in [-0.2, 0) is 0 Å². The predicted molar refractivity (Wildman–Crippen MR) is 201 cm³/mol. The Morgan fingerprint density at radius 3 is 0.841 bits per heavy atom. The molecule has 0 aromatic carbocycles. The third-order valence-electron chi connectivity index (χ3n) is 10.3. The molecule has 0 aromatic rings. The van der Waals surface area contributed by atoms with Gasteiger partial charge in [0.1, 0.15) is 0 Å². The van der Waals surface area contributed by atoms with Crippen molar-refractivity contribution < 1.29 is 5.11 Å². The maximum atomic E-state index is 9.57. The molecule has 0 aliphatic heterocycles. The normalized spacial score (nSPS) is 11.9. The van der Waals surface area contributed by atoms with E-state index in [2.05, 4.69) is 25.7 Å². The van der Waals surface area contributed by atoms with Gasteiger partial charge in [-0.05, 0) is 31.8 Å². The number of nitrogens with zero attached hydrogens (tertiary/aromatic N) is 1. The molecule has 0 unspecified atom stereocenters. The van der Waals surface area contributed by atoms with Gasteiger partial charge in [0, 0.05) is 6.54 Å². The van der Waals surface area contributed by atoms with Crippen LogP contribution in [0, 0.1) is 5.92 Å². The maximum absolute atomic E-state index is 9.57. The van der Waals surface area contributed by atoms with Crippen molar-refractivity contribution >= 4 is 0 Å². The third kappa shape index (κ3) is 34.8. The molecule has 0 fully saturated rings. The Morgan fingerprint density at radius 1 is 0.318 bits per heavy atom. The van der Waals surface area contributed by atoms with E-state index < -0.39 is 0 Å². The van der Waals surface area contributed by atoms with Gasteiger partial charge in [-0.15, -0.1) is 0 Å². The van der Waals surface area contributed by atoms with Crippen molar-refractivity contribution in [2.75, 3.05) is 26.2 Å². The summed E-state index contributed by atoms with van der Waals surface area (Å²) in [6.07, 6.45) is 48.7. The first kappa shape index (κ1) is 43.9. The van der Waals surface area contributed by atoms with Crippen molar-refractivity contribution in [1.29, 1.82) is 0 Å². The van der Waals surface area contributed by atoms with Crippen LogP contribution in [0.25, 0.3) is 0 Å². The van der Waals surface area contributed by atoms with E-state index in [1.165, 1.54) is 231 Å². The Labute approximate surface area is 280 Å². The molecule has 0 radical (unpaired) electrons. The van der Waals surface area contributed by atoms with Crippen LogP contribution in [0.4, 0.5) is 0 Å². The Morgan fingerprint density at radius 2 is 0.568 bits per heavy atom. The molecule has 266 valence electrons. The molecule has 0 spiro atoms. The lowest BCUT2D eigenvalue weighted by molar-refractivity contribution is 0.190. The zero-order chi connectivity index (χ0) is 32.0. The Bertz CT molecular complexity index is 478. The topological polar surface area (TPSA) is 23.5 Å². The molecular weight excluding hydrogens is 534 g/mol. The van der Waals surface area contributed by atoms with Crippen LogP contribution in [-0.4, -0.2) is 36.2 Å². The van der Waals surface area contributed by atoms with Gasteiger partial charge in [0.15, 0.2) is 0 Å². The summed E-state index contributed by atoms with van der Waals surface area (Å²) in [5.41, 5.74) is 0. The van der Waals surface area contributed by atoms with E-state index in [1.807, 2.05) is 0 Å². The largest absolute Gasteiger partial charge is 0.395 e. The summed E-state index contributed by atoms with van der Waals surface area (Å²) in [5.74, 6) is 0.998. The van der Waals surface area contributed by atoms with Crippen LogP contribution in [0.1, 0.15) is 239 Å². The fraction of sp³-hybridized carbons (Fsp3) is 1.00. The van der Waals surface area contributed by atoms with E-state index in [0.29, 0.717) is 6.61 Å². The summed E-state index contributed by atoms with van der Waals surface area (Å²) in [6, 6.07) is 0. The first-order chi connectivity index (χ1) is 21.8. The van der Waals surface area contributed by atoms with E-state index in [0.717, 1.165) is 12.5 Å². The molecule has 0 atom stereocenters. The lowest BCUT2D eigenvalue weighted by Gasteiger charge is -2.21. The molecular formula is C42H87NO. The Hall–Kier alpha value is -0.0800. The third-order valence-corrected chi connectivity index (χ3v) is 10.3. The lowest BCUT2D eigenvalue weighted by atomic mass is 9.89. The molecule has 0 aliphatic rings. The van der Waals surface area contributed by atoms with Crippen molar-refractivity contribution in [3.63, 3.8) is 0 Å². The summed E-state index contributed by atoms with van der Waals surface area (Å²) in [4.78, 5) is 2.54. The second kappa shape index (κ2) is 39.1. The maximum Gasteiger partial charge on any atom is 0.0558 e. The number of hydrogen-bond acceptors (Lipinski definition) is 2. The SMILES string of the molecule is CCCCCCCCCCCCCCCCN(CCO)CCCCCCCC(CCCCCCCC)CCCCCCCC. The molecule has 0 rings (SSSR count). The smallest absolute Gasteiger partial charge is 0.0558 e. The van der Waals surface area contributed by atoms with Crippen LogP contribution in [0.3, 0.4) is 0 Å². The molecule has 2 nitrogen and oxygen atoms in total. The summed E-state index contributed by atoms with van der Waals surface area (Å²) >= 11 is 0. The number of rotatable bonds is 39. The lowest BCUT2D eigenvalue weighted by Crippen LogP contribution is -2.29. The van der Waals surface area contributed by atoms with E-state index >= 15 is 0 Å². The average Bonchev–Trinajstić information content (AvgIpc) is 3.03. The number of hydrogen-bond donors (Lipinski definition) is 1. The highest BCUT2D eigenvalue weighted by Gasteiger charge is 2.09. The first-order valence-electron chi connectivity index (χ1n) is 21.1.